The lowest BCUT2D eigenvalue weighted by Gasteiger charge is -2.19. The molecule has 0 unspecified atom stereocenters. The molecule has 0 atom stereocenters. The Bertz CT molecular complexity index is 736. The Balaban J connectivity index is 1.84. The Kier molecular flexibility index (Phi) is 2.63. The molecule has 4 rings (SSSR count). The number of hydrogen-bond donors (Lipinski definition) is 1. The summed E-state index contributed by atoms with van der Waals surface area (Å²) in [6.07, 6.45) is 2.60. The van der Waals surface area contributed by atoms with Gasteiger partial charge in [0.15, 0.2) is 17.2 Å². The molecule has 0 bridgehead atoms. The second kappa shape index (κ2) is 4.51. The van der Waals surface area contributed by atoms with Crippen LogP contribution in [0.15, 0.2) is 18.2 Å². The van der Waals surface area contributed by atoms with Crippen LogP contribution in [0.3, 0.4) is 0 Å². The van der Waals surface area contributed by atoms with Gasteiger partial charge in [-0.05, 0) is 31.4 Å². The predicted molar refractivity (Wildman–Crippen MR) is 73.5 cm³/mol. The smallest absolute Gasteiger partial charge is 0.356 e. The first-order valence-electron chi connectivity index (χ1n) is 6.98. The van der Waals surface area contributed by atoms with E-state index in [2.05, 4.69) is 5.10 Å². The molecule has 6 heteroatoms. The molecule has 2 heterocycles. The number of ether oxygens (including phenoxy) is 2. The van der Waals surface area contributed by atoms with Crippen molar-refractivity contribution in [2.75, 3.05) is 13.2 Å². The lowest BCUT2D eigenvalue weighted by atomic mass is 10.2. The molecule has 0 saturated heterocycles. The van der Waals surface area contributed by atoms with Crippen LogP contribution in [-0.2, 0) is 12.8 Å². The van der Waals surface area contributed by atoms with Gasteiger partial charge in [-0.25, -0.2) is 9.48 Å². The molecule has 0 radical (unpaired) electrons. The van der Waals surface area contributed by atoms with E-state index < -0.39 is 5.97 Å². The van der Waals surface area contributed by atoms with Crippen molar-refractivity contribution in [1.29, 1.82) is 0 Å². The Hall–Kier alpha value is -2.50. The number of aromatic carboxylic acids is 1. The van der Waals surface area contributed by atoms with Crippen molar-refractivity contribution in [2.24, 2.45) is 0 Å². The standard InChI is InChI=1S/C15H14N2O4/c18-15(19)14-10-2-1-3-11(10)17(16-14)9-4-5-12-13(8-9)21-7-6-20-12/h4-5,8H,1-3,6-7H2,(H,18,19). The highest BCUT2D eigenvalue weighted by molar-refractivity contribution is 5.87. The van der Waals surface area contributed by atoms with E-state index in [4.69, 9.17) is 9.47 Å². The van der Waals surface area contributed by atoms with Gasteiger partial charge in [0.25, 0.3) is 0 Å². The maximum absolute atomic E-state index is 11.3. The number of nitrogens with zero attached hydrogens (tertiary/aromatic N) is 2. The van der Waals surface area contributed by atoms with Gasteiger partial charge in [-0.1, -0.05) is 0 Å². The third-order valence-corrected chi connectivity index (χ3v) is 3.90. The minimum atomic E-state index is -0.968. The number of hydrogen-bond acceptors (Lipinski definition) is 4. The van der Waals surface area contributed by atoms with Gasteiger partial charge >= 0.3 is 5.97 Å². The second-order valence-electron chi connectivity index (χ2n) is 5.17. The summed E-state index contributed by atoms with van der Waals surface area (Å²) in [5.74, 6) is 0.426. The summed E-state index contributed by atoms with van der Waals surface area (Å²) in [6.45, 7) is 1.07. The van der Waals surface area contributed by atoms with E-state index in [1.807, 2.05) is 18.2 Å². The molecule has 1 aromatic heterocycles. The Morgan fingerprint density at radius 2 is 2.00 bits per heavy atom. The highest BCUT2D eigenvalue weighted by atomic mass is 16.6. The minimum absolute atomic E-state index is 0.164. The first-order chi connectivity index (χ1) is 10.2. The first kappa shape index (κ1) is 12.3. The molecule has 2 aliphatic rings. The molecular formula is C15H14N2O4. The lowest BCUT2D eigenvalue weighted by Crippen LogP contribution is -2.15. The molecule has 21 heavy (non-hydrogen) atoms. The lowest BCUT2D eigenvalue weighted by molar-refractivity contribution is 0.0689. The van der Waals surface area contributed by atoms with E-state index in [-0.39, 0.29) is 5.69 Å². The zero-order chi connectivity index (χ0) is 14.4. The average molecular weight is 286 g/mol. The molecule has 1 aliphatic heterocycles. The van der Waals surface area contributed by atoms with Crippen LogP contribution in [0.5, 0.6) is 11.5 Å². The van der Waals surface area contributed by atoms with Crippen LogP contribution >= 0.6 is 0 Å². The maximum Gasteiger partial charge on any atom is 0.356 e. The summed E-state index contributed by atoms with van der Waals surface area (Å²) in [5, 5.41) is 13.6. The largest absolute Gasteiger partial charge is 0.486 e. The highest BCUT2D eigenvalue weighted by Gasteiger charge is 2.27. The highest BCUT2D eigenvalue weighted by Crippen LogP contribution is 2.34. The van der Waals surface area contributed by atoms with E-state index in [0.717, 1.165) is 36.2 Å². The van der Waals surface area contributed by atoms with Crippen molar-refractivity contribution >= 4 is 5.97 Å². The Morgan fingerprint density at radius 3 is 2.81 bits per heavy atom. The van der Waals surface area contributed by atoms with Crippen LogP contribution in [0.2, 0.25) is 0 Å². The molecule has 2 aromatic rings. The molecule has 6 nitrogen and oxygen atoms in total. The fourth-order valence-corrected chi connectivity index (χ4v) is 2.99. The number of benzene rings is 1. The van der Waals surface area contributed by atoms with Crippen LogP contribution in [0.4, 0.5) is 0 Å². The van der Waals surface area contributed by atoms with Gasteiger partial charge in [-0.2, -0.15) is 5.10 Å². The van der Waals surface area contributed by atoms with Gasteiger partial charge in [0.1, 0.15) is 13.2 Å². The number of rotatable bonds is 2. The van der Waals surface area contributed by atoms with Crippen LogP contribution < -0.4 is 9.47 Å². The van der Waals surface area contributed by atoms with E-state index in [1.54, 1.807) is 4.68 Å². The summed E-state index contributed by atoms with van der Waals surface area (Å²) in [4.78, 5) is 11.3. The van der Waals surface area contributed by atoms with Crippen molar-refractivity contribution in [3.05, 3.63) is 35.2 Å². The third-order valence-electron chi connectivity index (χ3n) is 3.90. The molecule has 1 N–H and O–H groups in total. The van der Waals surface area contributed by atoms with Crippen molar-refractivity contribution < 1.29 is 19.4 Å². The van der Waals surface area contributed by atoms with Crippen molar-refractivity contribution in [3.8, 4) is 17.2 Å². The van der Waals surface area contributed by atoms with Gasteiger partial charge in [-0.3, -0.25) is 0 Å². The topological polar surface area (TPSA) is 73.6 Å². The summed E-state index contributed by atoms with van der Waals surface area (Å²) >= 11 is 0. The normalized spacial score (nSPS) is 15.8. The predicted octanol–water partition coefficient (Wildman–Crippen LogP) is 1.83. The molecule has 1 aromatic carbocycles. The maximum atomic E-state index is 11.3. The van der Waals surface area contributed by atoms with E-state index in [1.165, 1.54) is 0 Å². The van der Waals surface area contributed by atoms with Gasteiger partial charge in [-0.15, -0.1) is 0 Å². The summed E-state index contributed by atoms with van der Waals surface area (Å²) in [7, 11) is 0. The number of carboxylic acids is 1. The molecule has 108 valence electrons. The number of carbonyl (C=O) groups is 1. The summed E-state index contributed by atoms with van der Waals surface area (Å²) in [5.41, 5.74) is 2.82. The SMILES string of the molecule is O=C(O)c1nn(-c2ccc3c(c2)OCCO3)c2c1CCC2. The Morgan fingerprint density at radius 1 is 1.19 bits per heavy atom. The summed E-state index contributed by atoms with van der Waals surface area (Å²) in [6, 6.07) is 5.57. The van der Waals surface area contributed by atoms with E-state index >= 15 is 0 Å². The van der Waals surface area contributed by atoms with Gasteiger partial charge in [0, 0.05) is 17.3 Å². The second-order valence-corrected chi connectivity index (χ2v) is 5.17. The fourth-order valence-electron chi connectivity index (χ4n) is 2.99. The van der Waals surface area contributed by atoms with Gasteiger partial charge in [0.05, 0.1) is 5.69 Å². The molecule has 0 spiro atoms. The fraction of sp³-hybridized carbons (Fsp3) is 0.333. The zero-order valence-corrected chi connectivity index (χ0v) is 11.3. The molecule has 0 amide bonds. The zero-order valence-electron chi connectivity index (χ0n) is 11.3. The van der Waals surface area contributed by atoms with E-state index in [0.29, 0.717) is 24.7 Å². The Labute approximate surface area is 120 Å². The molecule has 0 fully saturated rings. The number of carboxylic acid groups (broad SMARTS) is 1. The molecular weight excluding hydrogens is 272 g/mol. The summed E-state index contributed by atoms with van der Waals surface area (Å²) < 4.78 is 12.8. The van der Waals surface area contributed by atoms with E-state index in [9.17, 15) is 9.90 Å². The third kappa shape index (κ3) is 1.86. The van der Waals surface area contributed by atoms with Gasteiger partial charge < -0.3 is 14.6 Å². The van der Waals surface area contributed by atoms with Crippen LogP contribution in [-0.4, -0.2) is 34.1 Å². The quantitative estimate of drug-likeness (QED) is 0.911. The first-order valence-corrected chi connectivity index (χ1v) is 6.98. The van der Waals surface area contributed by atoms with Crippen molar-refractivity contribution in [1.82, 2.24) is 9.78 Å². The molecule has 1 aliphatic carbocycles. The molecule has 0 saturated carbocycles. The van der Waals surface area contributed by atoms with Gasteiger partial charge in [0.2, 0.25) is 0 Å². The minimum Gasteiger partial charge on any atom is -0.486 e. The van der Waals surface area contributed by atoms with Crippen LogP contribution in [0.1, 0.15) is 28.2 Å². The van der Waals surface area contributed by atoms with Crippen LogP contribution in [0.25, 0.3) is 5.69 Å². The monoisotopic (exact) mass is 286 g/mol. The van der Waals surface area contributed by atoms with Crippen molar-refractivity contribution in [3.63, 3.8) is 0 Å². The van der Waals surface area contributed by atoms with Crippen molar-refractivity contribution in [2.45, 2.75) is 19.3 Å². The van der Waals surface area contributed by atoms with Crippen LogP contribution in [0, 0.1) is 0 Å². The number of fused-ring (bicyclic) bond motifs is 2. The average Bonchev–Trinajstić information content (AvgIpc) is 3.08. The number of aromatic nitrogens is 2.